The van der Waals surface area contributed by atoms with Crippen molar-refractivity contribution in [3.63, 3.8) is 0 Å². The number of aromatic nitrogens is 2. The van der Waals surface area contributed by atoms with Crippen LogP contribution in [0, 0.1) is 3.57 Å². The maximum absolute atomic E-state index is 13.0. The van der Waals surface area contributed by atoms with Crippen LogP contribution in [0.3, 0.4) is 0 Å². The smallest absolute Gasteiger partial charge is 0.351 e. The molecule has 0 spiro atoms. The van der Waals surface area contributed by atoms with Gasteiger partial charge in [-0.3, -0.25) is 4.57 Å². The fourth-order valence-electron chi connectivity index (χ4n) is 1.86. The molecule has 2 atom stereocenters. The number of nitrogens with two attached hydrogens (primary N) is 1. The summed E-state index contributed by atoms with van der Waals surface area (Å²) in [7, 11) is 0. The second-order valence-electron chi connectivity index (χ2n) is 3.95. The predicted octanol–water partition coefficient (Wildman–Crippen LogP) is 1.03. The molecule has 0 bridgehead atoms. The second-order valence-corrected chi connectivity index (χ2v) is 5.11. The van der Waals surface area contributed by atoms with Crippen molar-refractivity contribution in [2.24, 2.45) is 0 Å². The van der Waals surface area contributed by atoms with Crippen molar-refractivity contribution in [2.45, 2.75) is 12.3 Å². The molecule has 1 aliphatic rings. The van der Waals surface area contributed by atoms with Gasteiger partial charge in [-0.2, -0.15) is 4.98 Å². The van der Waals surface area contributed by atoms with E-state index in [4.69, 9.17) is 15.6 Å². The Balaban J connectivity index is 2.53. The monoisotopic (exact) mass is 397 g/mol. The van der Waals surface area contributed by atoms with Gasteiger partial charge in [-0.05, 0) is 22.6 Å². The summed E-state index contributed by atoms with van der Waals surface area (Å²) in [6, 6.07) is 0. The molecule has 0 radical (unpaired) electrons. The van der Waals surface area contributed by atoms with E-state index in [0.717, 1.165) is 4.57 Å². The van der Waals surface area contributed by atoms with Crippen molar-refractivity contribution in [1.29, 1.82) is 0 Å². The van der Waals surface area contributed by atoms with Gasteiger partial charge in [0.1, 0.15) is 11.9 Å². The lowest BCUT2D eigenvalue weighted by molar-refractivity contribution is -0.00867. The third-order valence-corrected chi connectivity index (χ3v) is 3.66. The number of rotatable bonds is 2. The normalized spacial score (nSPS) is 26.6. The van der Waals surface area contributed by atoms with E-state index in [1.54, 1.807) is 0 Å². The van der Waals surface area contributed by atoms with Crippen molar-refractivity contribution in [3.8, 4) is 0 Å². The van der Waals surface area contributed by atoms with E-state index in [9.17, 15) is 13.6 Å². The summed E-state index contributed by atoms with van der Waals surface area (Å²) in [4.78, 5) is 15.4. The molecule has 20 heavy (non-hydrogen) atoms. The summed E-state index contributed by atoms with van der Waals surface area (Å²) in [5.41, 5.74) is 4.39. The Morgan fingerprint density at radius 2 is 2.15 bits per heavy atom. The van der Waals surface area contributed by atoms with E-state index < -0.39 is 24.6 Å². The van der Waals surface area contributed by atoms with Crippen LogP contribution in [0.15, 0.2) is 34.8 Å². The Morgan fingerprint density at radius 1 is 1.50 bits per heavy atom. The number of ether oxygens (including phenoxy) is 1. The summed E-state index contributed by atoms with van der Waals surface area (Å²) in [6.07, 6.45) is -0.633. The van der Waals surface area contributed by atoms with Gasteiger partial charge >= 0.3 is 5.69 Å². The lowest BCUT2D eigenvalue weighted by Gasteiger charge is -2.15. The average Bonchev–Trinajstić information content (AvgIpc) is 2.80. The maximum Gasteiger partial charge on any atom is 0.351 e. The van der Waals surface area contributed by atoms with E-state index in [0.29, 0.717) is 3.57 Å². The molecule has 2 heterocycles. The number of hydrogen-bond acceptors (Lipinski definition) is 5. The van der Waals surface area contributed by atoms with E-state index in [2.05, 4.69) is 4.98 Å². The Hall–Kier alpha value is -1.33. The molecule has 2 unspecified atom stereocenters. The van der Waals surface area contributed by atoms with Gasteiger partial charge in [0.25, 0.3) is 0 Å². The van der Waals surface area contributed by atoms with E-state index >= 15 is 0 Å². The molecule has 2 rings (SSSR count). The quantitative estimate of drug-likeness (QED) is 0.728. The molecule has 0 aromatic carbocycles. The van der Waals surface area contributed by atoms with Gasteiger partial charge in [-0.25, -0.2) is 13.6 Å². The highest BCUT2D eigenvalue weighted by Crippen LogP contribution is 2.38. The minimum atomic E-state index is -1.20. The fraction of sp³-hybridized carbons (Fsp3) is 0.273. The summed E-state index contributed by atoms with van der Waals surface area (Å²) < 4.78 is 32.6. The van der Waals surface area contributed by atoms with Crippen LogP contribution < -0.4 is 11.4 Å². The third kappa shape index (κ3) is 2.47. The van der Waals surface area contributed by atoms with Crippen LogP contribution in [0.1, 0.15) is 6.23 Å². The highest BCUT2D eigenvalue weighted by Gasteiger charge is 2.37. The Labute approximate surface area is 125 Å². The molecule has 1 saturated heterocycles. The van der Waals surface area contributed by atoms with Gasteiger partial charge in [-0.1, -0.05) is 0 Å². The van der Waals surface area contributed by atoms with Crippen molar-refractivity contribution < 1.29 is 18.6 Å². The summed E-state index contributed by atoms with van der Waals surface area (Å²) in [5, 5.41) is 9.11. The zero-order valence-electron chi connectivity index (χ0n) is 9.96. The summed E-state index contributed by atoms with van der Waals surface area (Å²) >= 11 is 1.85. The number of hydrogen-bond donors (Lipinski definition) is 2. The van der Waals surface area contributed by atoms with Crippen molar-refractivity contribution in [3.05, 3.63) is 44.1 Å². The molecule has 9 heteroatoms. The zero-order chi connectivity index (χ0) is 14.9. The molecular formula is C11H10F2IN3O3. The van der Waals surface area contributed by atoms with Crippen LogP contribution in [0.25, 0.3) is 0 Å². The molecule has 0 amide bonds. The Morgan fingerprint density at radius 3 is 2.70 bits per heavy atom. The minimum absolute atomic E-state index is 0.0376. The molecule has 1 aromatic heterocycles. The standard InChI is InChI=1S/C11H10F2IN3O3/c12-1-5-6(2-13)10(20-8(5)4-18)17-3-7(14)9(15)16-11(17)19/h1-3,8,10,18H,4H2,(H2,15,16,19). The van der Waals surface area contributed by atoms with E-state index in [1.165, 1.54) is 6.20 Å². The van der Waals surface area contributed by atoms with Gasteiger partial charge in [0.05, 0.1) is 22.8 Å². The van der Waals surface area contributed by atoms with Crippen LogP contribution >= 0.6 is 22.6 Å². The van der Waals surface area contributed by atoms with Gasteiger partial charge in [0.15, 0.2) is 6.23 Å². The van der Waals surface area contributed by atoms with E-state index in [-0.39, 0.29) is 29.6 Å². The first-order chi connectivity index (χ1) is 9.53. The molecular weight excluding hydrogens is 387 g/mol. The number of nitrogen functional groups attached to an aromatic ring is 1. The zero-order valence-corrected chi connectivity index (χ0v) is 12.1. The van der Waals surface area contributed by atoms with Crippen LogP contribution in [0.5, 0.6) is 0 Å². The number of anilines is 1. The first kappa shape index (κ1) is 15.1. The first-order valence-electron chi connectivity index (χ1n) is 5.44. The highest BCUT2D eigenvalue weighted by atomic mass is 127. The van der Waals surface area contributed by atoms with Crippen LogP contribution in [0.4, 0.5) is 14.6 Å². The van der Waals surface area contributed by atoms with E-state index in [1.807, 2.05) is 22.6 Å². The summed E-state index contributed by atoms with van der Waals surface area (Å²) in [6.45, 7) is -0.544. The van der Waals surface area contributed by atoms with Gasteiger partial charge in [-0.15, -0.1) is 0 Å². The Kier molecular flexibility index (Phi) is 4.50. The average molecular weight is 397 g/mol. The van der Waals surface area contributed by atoms with Crippen LogP contribution in [0.2, 0.25) is 0 Å². The van der Waals surface area contributed by atoms with Gasteiger partial charge < -0.3 is 15.6 Å². The molecule has 1 aromatic rings. The largest absolute Gasteiger partial charge is 0.393 e. The van der Waals surface area contributed by atoms with Crippen molar-refractivity contribution >= 4 is 28.4 Å². The molecule has 6 nitrogen and oxygen atoms in total. The molecule has 0 aliphatic carbocycles. The first-order valence-corrected chi connectivity index (χ1v) is 6.52. The molecule has 1 fully saturated rings. The van der Waals surface area contributed by atoms with Gasteiger partial charge in [0.2, 0.25) is 0 Å². The number of aliphatic hydroxyl groups excluding tert-OH is 1. The molecule has 0 saturated carbocycles. The lowest BCUT2D eigenvalue weighted by Crippen LogP contribution is -2.29. The molecule has 1 aliphatic heterocycles. The maximum atomic E-state index is 13.0. The lowest BCUT2D eigenvalue weighted by atomic mass is 10.1. The summed E-state index contributed by atoms with van der Waals surface area (Å²) in [5.74, 6) is 0.0376. The molecule has 3 N–H and O–H groups in total. The fourth-order valence-corrected chi connectivity index (χ4v) is 2.28. The minimum Gasteiger partial charge on any atom is -0.393 e. The molecule has 108 valence electrons. The van der Waals surface area contributed by atoms with Crippen molar-refractivity contribution in [2.75, 3.05) is 12.3 Å². The predicted molar refractivity (Wildman–Crippen MR) is 75.0 cm³/mol. The third-order valence-electron chi connectivity index (χ3n) is 2.83. The topological polar surface area (TPSA) is 90.4 Å². The van der Waals surface area contributed by atoms with Crippen LogP contribution in [-0.2, 0) is 4.74 Å². The number of aliphatic hydroxyl groups is 1. The highest BCUT2D eigenvalue weighted by molar-refractivity contribution is 14.1. The number of nitrogens with zero attached hydrogens (tertiary/aromatic N) is 2. The second kappa shape index (κ2) is 5.97. The van der Waals surface area contributed by atoms with Crippen LogP contribution in [-0.4, -0.2) is 27.4 Å². The number of halogens is 3. The SMILES string of the molecule is Nc1nc(=O)n(C2OC(CO)C(=CF)C2=CF)cc1I. The van der Waals surface area contributed by atoms with Crippen molar-refractivity contribution in [1.82, 2.24) is 9.55 Å². The Bertz CT molecular complexity index is 644. The van der Waals surface area contributed by atoms with Gasteiger partial charge in [0, 0.05) is 17.3 Å².